The molecule has 1 fully saturated rings. The van der Waals surface area contributed by atoms with Crippen molar-refractivity contribution in [2.75, 3.05) is 0 Å². The second-order valence-electron chi connectivity index (χ2n) is 6.10. The van der Waals surface area contributed by atoms with Gasteiger partial charge in [0.25, 0.3) is 0 Å². The first kappa shape index (κ1) is 19.8. The van der Waals surface area contributed by atoms with Gasteiger partial charge in [-0.3, -0.25) is 4.79 Å². The normalized spacial score (nSPS) is 25.4. The number of benzene rings is 2. The van der Waals surface area contributed by atoms with Crippen LogP contribution in [0.15, 0.2) is 59.1 Å². The van der Waals surface area contributed by atoms with E-state index in [-0.39, 0.29) is 10.7 Å². The molecule has 1 saturated heterocycles. The summed E-state index contributed by atoms with van der Waals surface area (Å²) in [5.74, 6) is -2.75. The third-order valence-electron chi connectivity index (χ3n) is 4.38. The molecule has 3 rings (SSSR count). The first-order valence-corrected chi connectivity index (χ1v) is 9.06. The summed E-state index contributed by atoms with van der Waals surface area (Å²) in [5.41, 5.74) is -3.07. The first-order valence-electron chi connectivity index (χ1n) is 7.86. The summed E-state index contributed by atoms with van der Waals surface area (Å²) >= 11 is 8.14. The Morgan fingerprint density at radius 2 is 1.70 bits per heavy atom. The van der Waals surface area contributed by atoms with E-state index in [1.54, 1.807) is 42.5 Å². The summed E-state index contributed by atoms with van der Waals surface area (Å²) in [4.78, 5) is 13.0. The number of halogens is 4. The van der Waals surface area contributed by atoms with Gasteiger partial charge in [-0.05, 0) is 29.9 Å². The van der Waals surface area contributed by atoms with Gasteiger partial charge in [-0.2, -0.15) is 13.2 Å². The van der Waals surface area contributed by atoms with Crippen molar-refractivity contribution < 1.29 is 23.1 Å². The molecule has 1 aliphatic heterocycles. The molecule has 27 heavy (non-hydrogen) atoms. The zero-order chi connectivity index (χ0) is 19.8. The van der Waals surface area contributed by atoms with Crippen LogP contribution in [0.4, 0.5) is 13.2 Å². The van der Waals surface area contributed by atoms with Gasteiger partial charge in [-0.25, -0.2) is 0 Å². The minimum absolute atomic E-state index is 0.0590. The number of alkyl halides is 3. The lowest BCUT2D eigenvalue weighted by Crippen LogP contribution is -2.72. The number of carbonyl (C=O) groups excluding carboxylic acids is 1. The molecule has 3 atom stereocenters. The molecule has 0 spiro atoms. The van der Waals surface area contributed by atoms with Gasteiger partial charge in [0.2, 0.25) is 5.72 Å². The van der Waals surface area contributed by atoms with Crippen molar-refractivity contribution in [1.82, 2.24) is 10.6 Å². The lowest BCUT2D eigenvalue weighted by atomic mass is 9.77. The molecule has 0 radical (unpaired) electrons. The number of thiocarbonyl (C=S) groups is 1. The Bertz CT molecular complexity index is 861. The van der Waals surface area contributed by atoms with Crippen molar-refractivity contribution in [2.24, 2.45) is 5.92 Å². The Kier molecular flexibility index (Phi) is 5.29. The molecule has 9 heteroatoms. The van der Waals surface area contributed by atoms with E-state index in [1.807, 2.05) is 5.32 Å². The number of hydrogen-bond acceptors (Lipinski definition) is 3. The quantitative estimate of drug-likeness (QED) is 0.483. The average Bonchev–Trinajstić information content (AvgIpc) is 2.61. The van der Waals surface area contributed by atoms with E-state index in [1.165, 1.54) is 12.1 Å². The largest absolute Gasteiger partial charge is 0.437 e. The van der Waals surface area contributed by atoms with E-state index in [4.69, 9.17) is 12.2 Å². The number of aliphatic hydroxyl groups is 1. The Hall–Kier alpha value is -1.97. The van der Waals surface area contributed by atoms with Gasteiger partial charge in [-0.15, -0.1) is 0 Å². The van der Waals surface area contributed by atoms with Crippen LogP contribution in [-0.2, 0) is 0 Å². The molecule has 1 heterocycles. The van der Waals surface area contributed by atoms with E-state index >= 15 is 0 Å². The summed E-state index contributed by atoms with van der Waals surface area (Å²) in [6, 6.07) is 12.8. The SMILES string of the molecule is O=C(c1ccccc1)[C@H]1[C@@H](c2ccc(Br)cc2)NC(=S)N[C@]1(O)C(F)(F)F. The Morgan fingerprint density at radius 3 is 2.26 bits per heavy atom. The van der Waals surface area contributed by atoms with E-state index in [0.29, 0.717) is 5.56 Å². The van der Waals surface area contributed by atoms with E-state index in [0.717, 1.165) is 4.47 Å². The van der Waals surface area contributed by atoms with E-state index in [2.05, 4.69) is 21.2 Å². The fourth-order valence-corrected chi connectivity index (χ4v) is 3.62. The lowest BCUT2D eigenvalue weighted by Gasteiger charge is -2.46. The Morgan fingerprint density at radius 1 is 1.11 bits per heavy atom. The third-order valence-corrected chi connectivity index (χ3v) is 5.12. The molecule has 0 unspecified atom stereocenters. The van der Waals surface area contributed by atoms with Crippen LogP contribution >= 0.6 is 28.1 Å². The zero-order valence-electron chi connectivity index (χ0n) is 13.6. The van der Waals surface area contributed by atoms with Gasteiger partial charge in [0, 0.05) is 10.0 Å². The second kappa shape index (κ2) is 7.21. The smallest absolute Gasteiger partial charge is 0.363 e. The number of nitrogens with one attached hydrogen (secondary N) is 2. The van der Waals surface area contributed by atoms with Crippen molar-refractivity contribution >= 4 is 39.0 Å². The van der Waals surface area contributed by atoms with Crippen LogP contribution in [0.5, 0.6) is 0 Å². The minimum Gasteiger partial charge on any atom is -0.363 e. The average molecular weight is 459 g/mol. The summed E-state index contributed by atoms with van der Waals surface area (Å²) in [5, 5.41) is 14.7. The molecule has 2 aromatic carbocycles. The van der Waals surface area contributed by atoms with Crippen LogP contribution in [0, 0.1) is 5.92 Å². The molecule has 0 amide bonds. The maximum absolute atomic E-state index is 13.8. The fourth-order valence-electron chi connectivity index (χ4n) is 3.07. The highest BCUT2D eigenvalue weighted by atomic mass is 79.9. The molecular weight excluding hydrogens is 445 g/mol. The highest BCUT2D eigenvalue weighted by Crippen LogP contribution is 2.44. The van der Waals surface area contributed by atoms with Crippen LogP contribution in [0.25, 0.3) is 0 Å². The molecule has 1 aliphatic rings. The maximum atomic E-state index is 13.8. The van der Waals surface area contributed by atoms with Gasteiger partial charge in [-0.1, -0.05) is 58.4 Å². The fraction of sp³-hybridized carbons (Fsp3) is 0.222. The Labute approximate surface area is 166 Å². The zero-order valence-corrected chi connectivity index (χ0v) is 16.0. The van der Waals surface area contributed by atoms with Gasteiger partial charge < -0.3 is 15.7 Å². The molecule has 142 valence electrons. The van der Waals surface area contributed by atoms with Crippen LogP contribution in [0.2, 0.25) is 0 Å². The molecule has 0 saturated carbocycles. The minimum atomic E-state index is -5.14. The molecule has 4 nitrogen and oxygen atoms in total. The van der Waals surface area contributed by atoms with Gasteiger partial charge >= 0.3 is 6.18 Å². The predicted octanol–water partition coefficient (Wildman–Crippen LogP) is 3.72. The molecule has 2 aromatic rings. The van der Waals surface area contributed by atoms with E-state index < -0.39 is 29.6 Å². The van der Waals surface area contributed by atoms with Crippen LogP contribution < -0.4 is 10.6 Å². The number of carbonyl (C=O) groups is 1. The van der Waals surface area contributed by atoms with Gasteiger partial charge in [0.1, 0.15) is 5.92 Å². The maximum Gasteiger partial charge on any atom is 0.437 e. The van der Waals surface area contributed by atoms with Crippen molar-refractivity contribution in [3.63, 3.8) is 0 Å². The summed E-state index contributed by atoms with van der Waals surface area (Å²) < 4.78 is 42.2. The lowest BCUT2D eigenvalue weighted by molar-refractivity contribution is -0.285. The van der Waals surface area contributed by atoms with Gasteiger partial charge in [0.05, 0.1) is 6.04 Å². The topological polar surface area (TPSA) is 61.4 Å². The predicted molar refractivity (Wildman–Crippen MR) is 101 cm³/mol. The number of Topliss-reactive ketones (excluding diaryl/α,β-unsaturated/α-hetero) is 1. The Balaban J connectivity index is 2.15. The molecule has 0 aromatic heterocycles. The van der Waals surface area contributed by atoms with Crippen LogP contribution in [-0.4, -0.2) is 27.9 Å². The number of ketones is 1. The summed E-state index contributed by atoms with van der Waals surface area (Å²) in [7, 11) is 0. The van der Waals surface area contributed by atoms with Gasteiger partial charge in [0.15, 0.2) is 10.9 Å². The summed E-state index contributed by atoms with van der Waals surface area (Å²) in [6.45, 7) is 0. The molecule has 0 bridgehead atoms. The van der Waals surface area contributed by atoms with Crippen molar-refractivity contribution in [3.05, 3.63) is 70.2 Å². The van der Waals surface area contributed by atoms with Crippen LogP contribution in [0.3, 0.4) is 0 Å². The van der Waals surface area contributed by atoms with Crippen molar-refractivity contribution in [2.45, 2.75) is 17.9 Å². The molecular formula is C18H14BrF3N2O2S. The highest BCUT2D eigenvalue weighted by molar-refractivity contribution is 9.10. The van der Waals surface area contributed by atoms with Crippen LogP contribution in [0.1, 0.15) is 22.0 Å². The number of rotatable bonds is 3. The highest BCUT2D eigenvalue weighted by Gasteiger charge is 2.65. The second-order valence-corrected chi connectivity index (χ2v) is 7.42. The third kappa shape index (κ3) is 3.71. The van der Waals surface area contributed by atoms with E-state index in [9.17, 15) is 23.1 Å². The summed E-state index contributed by atoms with van der Waals surface area (Å²) in [6.07, 6.45) is -5.14. The number of hydrogen-bond donors (Lipinski definition) is 3. The standard InChI is InChI=1S/C18H14BrF3N2O2S/c19-12-8-6-10(7-9-12)14-13(15(25)11-4-2-1-3-5-11)17(26,18(20,21)22)24-16(27)23-14/h1-9,13-14,26H,(H2,23,24,27)/t13-,14-,17-/m1/s1. The first-order chi connectivity index (χ1) is 12.6. The van der Waals surface area contributed by atoms with Crippen molar-refractivity contribution in [1.29, 1.82) is 0 Å². The van der Waals surface area contributed by atoms with Crippen molar-refractivity contribution in [3.8, 4) is 0 Å². The molecule has 0 aliphatic carbocycles. The molecule has 3 N–H and O–H groups in total. The monoisotopic (exact) mass is 458 g/mol.